The van der Waals surface area contributed by atoms with Gasteiger partial charge in [0.2, 0.25) is 0 Å². The van der Waals surface area contributed by atoms with Crippen LogP contribution in [0.2, 0.25) is 0 Å². The van der Waals surface area contributed by atoms with Crippen LogP contribution in [0.4, 0.5) is 5.82 Å². The number of thiazole rings is 1. The largest absolute Gasteiger partial charge is 0.352 e. The smallest absolute Gasteiger partial charge is 0.155 e. The third-order valence-electron chi connectivity index (χ3n) is 2.25. The van der Waals surface area contributed by atoms with Gasteiger partial charge in [-0.1, -0.05) is 0 Å². The van der Waals surface area contributed by atoms with Crippen molar-refractivity contribution in [2.24, 2.45) is 5.73 Å². The molecule has 84 valence electrons. The number of rotatable bonds is 4. The van der Waals surface area contributed by atoms with Crippen molar-refractivity contribution >= 4 is 17.2 Å². The van der Waals surface area contributed by atoms with Gasteiger partial charge in [0, 0.05) is 24.5 Å². The van der Waals surface area contributed by atoms with Gasteiger partial charge in [-0.25, -0.2) is 4.98 Å². The second-order valence-corrected chi connectivity index (χ2v) is 4.14. The number of hydrogen-bond acceptors (Lipinski definition) is 6. The molecule has 0 spiro atoms. The zero-order valence-electron chi connectivity index (χ0n) is 9.00. The minimum atomic E-state index is 0.465. The molecule has 0 saturated heterocycles. The summed E-state index contributed by atoms with van der Waals surface area (Å²) in [6, 6.07) is 1.89. The van der Waals surface area contributed by atoms with Crippen LogP contribution in [-0.4, -0.2) is 22.2 Å². The van der Waals surface area contributed by atoms with Crippen LogP contribution in [0.25, 0.3) is 0 Å². The summed E-state index contributed by atoms with van der Waals surface area (Å²) in [7, 11) is 1.96. The summed E-state index contributed by atoms with van der Waals surface area (Å²) in [6.45, 7) is 1.18. The second kappa shape index (κ2) is 5.00. The zero-order chi connectivity index (χ0) is 11.4. The van der Waals surface area contributed by atoms with E-state index in [0.717, 1.165) is 23.6 Å². The highest BCUT2D eigenvalue weighted by Crippen LogP contribution is 2.16. The van der Waals surface area contributed by atoms with Crippen LogP contribution in [-0.2, 0) is 13.1 Å². The molecule has 0 radical (unpaired) electrons. The van der Waals surface area contributed by atoms with E-state index >= 15 is 0 Å². The van der Waals surface area contributed by atoms with Crippen LogP contribution < -0.4 is 10.6 Å². The Morgan fingerprint density at radius 2 is 2.38 bits per heavy atom. The van der Waals surface area contributed by atoms with Gasteiger partial charge in [0.25, 0.3) is 0 Å². The van der Waals surface area contributed by atoms with Gasteiger partial charge in [-0.15, -0.1) is 16.4 Å². The minimum Gasteiger partial charge on any atom is -0.352 e. The van der Waals surface area contributed by atoms with Gasteiger partial charge in [-0.3, -0.25) is 0 Å². The summed E-state index contributed by atoms with van der Waals surface area (Å²) in [5, 5.41) is 10.0. The van der Waals surface area contributed by atoms with Gasteiger partial charge in [0.1, 0.15) is 0 Å². The van der Waals surface area contributed by atoms with Crippen LogP contribution >= 0.6 is 11.3 Å². The molecule has 2 N–H and O–H groups in total. The highest BCUT2D eigenvalue weighted by atomic mass is 32.1. The van der Waals surface area contributed by atoms with E-state index in [4.69, 9.17) is 5.73 Å². The van der Waals surface area contributed by atoms with Crippen LogP contribution in [0.5, 0.6) is 0 Å². The minimum absolute atomic E-state index is 0.465. The number of aromatic nitrogens is 3. The average molecular weight is 235 g/mol. The van der Waals surface area contributed by atoms with Crippen LogP contribution in [0.3, 0.4) is 0 Å². The van der Waals surface area contributed by atoms with Gasteiger partial charge in [-0.2, -0.15) is 5.10 Å². The van der Waals surface area contributed by atoms with Crippen molar-refractivity contribution in [3.8, 4) is 0 Å². The normalized spacial score (nSPS) is 10.4. The molecule has 0 aliphatic heterocycles. The van der Waals surface area contributed by atoms with E-state index in [1.807, 2.05) is 28.9 Å². The van der Waals surface area contributed by atoms with Crippen LogP contribution in [0.15, 0.2) is 23.2 Å². The zero-order valence-corrected chi connectivity index (χ0v) is 9.81. The molecule has 0 fully saturated rings. The fourth-order valence-electron chi connectivity index (χ4n) is 1.46. The van der Waals surface area contributed by atoms with Gasteiger partial charge in [0.05, 0.1) is 23.9 Å². The SMILES string of the molecule is CN(Cc1cscn1)c1nnccc1CN. The first-order valence-corrected chi connectivity index (χ1v) is 5.84. The quantitative estimate of drug-likeness (QED) is 0.857. The van der Waals surface area contributed by atoms with Crippen molar-refractivity contribution < 1.29 is 0 Å². The summed E-state index contributed by atoms with van der Waals surface area (Å²) in [6.07, 6.45) is 1.66. The lowest BCUT2D eigenvalue weighted by Gasteiger charge is -2.18. The summed E-state index contributed by atoms with van der Waals surface area (Å²) in [5.74, 6) is 0.818. The maximum absolute atomic E-state index is 5.65. The topological polar surface area (TPSA) is 67.9 Å². The molecular formula is C10H13N5S. The lowest BCUT2D eigenvalue weighted by Crippen LogP contribution is -2.20. The van der Waals surface area contributed by atoms with E-state index in [9.17, 15) is 0 Å². The second-order valence-electron chi connectivity index (χ2n) is 3.42. The third kappa shape index (κ3) is 2.34. The molecule has 0 amide bonds. The molecule has 2 aromatic heterocycles. The maximum Gasteiger partial charge on any atom is 0.155 e. The molecule has 2 aromatic rings. The molecule has 2 heterocycles. The Hall–Kier alpha value is -1.53. The standard InChI is InChI=1S/C10H13N5S/c1-15(5-9-6-16-7-12-9)10-8(4-11)2-3-13-14-10/h2-3,6-7H,4-5,11H2,1H3. The van der Waals surface area contributed by atoms with Crippen molar-refractivity contribution in [2.75, 3.05) is 11.9 Å². The summed E-state index contributed by atoms with van der Waals surface area (Å²) in [4.78, 5) is 6.24. The summed E-state index contributed by atoms with van der Waals surface area (Å²) >= 11 is 1.59. The molecule has 16 heavy (non-hydrogen) atoms. The first-order chi connectivity index (χ1) is 7.81. The third-order valence-corrected chi connectivity index (χ3v) is 2.88. The summed E-state index contributed by atoms with van der Waals surface area (Å²) in [5.41, 5.74) is 9.50. The molecule has 0 saturated carbocycles. The Morgan fingerprint density at radius 3 is 3.06 bits per heavy atom. The Bertz CT molecular complexity index is 442. The molecule has 0 unspecified atom stereocenters. The lowest BCUT2D eigenvalue weighted by molar-refractivity contribution is 0.829. The van der Waals surface area contributed by atoms with E-state index in [0.29, 0.717) is 6.54 Å². The highest BCUT2D eigenvalue weighted by Gasteiger charge is 2.09. The van der Waals surface area contributed by atoms with Gasteiger partial charge < -0.3 is 10.6 Å². The number of hydrogen-bond donors (Lipinski definition) is 1. The molecule has 2 rings (SSSR count). The molecular weight excluding hydrogens is 222 g/mol. The highest BCUT2D eigenvalue weighted by molar-refractivity contribution is 7.07. The van der Waals surface area contributed by atoms with E-state index in [1.54, 1.807) is 17.5 Å². The van der Waals surface area contributed by atoms with Crippen LogP contribution in [0, 0.1) is 0 Å². The molecule has 5 nitrogen and oxygen atoms in total. The summed E-state index contributed by atoms with van der Waals surface area (Å²) < 4.78 is 0. The van der Waals surface area contributed by atoms with E-state index in [1.165, 1.54) is 0 Å². The molecule has 6 heteroatoms. The molecule has 0 aliphatic rings. The predicted molar refractivity (Wildman–Crippen MR) is 64.1 cm³/mol. The molecule has 0 aliphatic carbocycles. The predicted octanol–water partition coefficient (Wildman–Crippen LogP) is 1.03. The molecule has 0 atom stereocenters. The van der Waals surface area contributed by atoms with E-state index in [-0.39, 0.29) is 0 Å². The van der Waals surface area contributed by atoms with E-state index in [2.05, 4.69) is 15.2 Å². The van der Waals surface area contributed by atoms with Gasteiger partial charge in [-0.05, 0) is 6.07 Å². The number of anilines is 1. The van der Waals surface area contributed by atoms with Crippen molar-refractivity contribution in [1.82, 2.24) is 15.2 Å². The fourth-order valence-corrected chi connectivity index (χ4v) is 2.01. The maximum atomic E-state index is 5.65. The van der Waals surface area contributed by atoms with Crippen molar-refractivity contribution in [1.29, 1.82) is 0 Å². The molecule has 0 bridgehead atoms. The van der Waals surface area contributed by atoms with Gasteiger partial charge >= 0.3 is 0 Å². The molecule has 0 aromatic carbocycles. The Morgan fingerprint density at radius 1 is 1.50 bits per heavy atom. The lowest BCUT2D eigenvalue weighted by atomic mass is 10.2. The first-order valence-electron chi connectivity index (χ1n) is 4.90. The Kier molecular flexibility index (Phi) is 3.43. The Balaban J connectivity index is 2.17. The van der Waals surface area contributed by atoms with Gasteiger partial charge in [0.15, 0.2) is 5.82 Å². The monoisotopic (exact) mass is 235 g/mol. The number of nitrogens with zero attached hydrogens (tertiary/aromatic N) is 4. The van der Waals surface area contributed by atoms with Crippen molar-refractivity contribution in [3.05, 3.63) is 34.4 Å². The first kappa shape index (κ1) is 11.0. The van der Waals surface area contributed by atoms with Crippen LogP contribution in [0.1, 0.15) is 11.3 Å². The van der Waals surface area contributed by atoms with Crippen molar-refractivity contribution in [2.45, 2.75) is 13.1 Å². The number of nitrogens with two attached hydrogens (primary N) is 1. The fraction of sp³-hybridized carbons (Fsp3) is 0.300. The van der Waals surface area contributed by atoms with Crippen molar-refractivity contribution in [3.63, 3.8) is 0 Å². The van der Waals surface area contributed by atoms with E-state index < -0.39 is 0 Å². The Labute approximate surface area is 98.0 Å². The average Bonchev–Trinajstić information content (AvgIpc) is 2.81.